The van der Waals surface area contributed by atoms with Crippen LogP contribution < -0.4 is 15.7 Å². The van der Waals surface area contributed by atoms with Crippen LogP contribution in [0.4, 0.5) is 0 Å². The van der Waals surface area contributed by atoms with Gasteiger partial charge in [0.05, 0.1) is 19.3 Å². The minimum atomic E-state index is -2.00. The van der Waals surface area contributed by atoms with Gasteiger partial charge in [0.15, 0.2) is 18.5 Å². The Kier molecular flexibility index (Phi) is 12.5. The molecule has 1 heterocycles. The Morgan fingerprint density at radius 3 is 1.64 bits per heavy atom. The Morgan fingerprint density at radius 2 is 1.18 bits per heavy atom. The van der Waals surface area contributed by atoms with Gasteiger partial charge in [-0.15, -0.1) is 0 Å². The molecule has 1 saturated heterocycles. The Hall–Kier alpha value is -2.07. The summed E-state index contributed by atoms with van der Waals surface area (Å²) in [5.74, 6) is -3.21. The van der Waals surface area contributed by atoms with Crippen LogP contribution in [-0.4, -0.2) is 101 Å². The van der Waals surface area contributed by atoms with Crippen molar-refractivity contribution >= 4 is 17.9 Å². The van der Waals surface area contributed by atoms with E-state index < -0.39 is 110 Å². The largest absolute Gasteiger partial charge is 0.600 e. The van der Waals surface area contributed by atoms with E-state index in [-0.39, 0.29) is 0 Å². The van der Waals surface area contributed by atoms with Crippen molar-refractivity contribution in [1.82, 2.24) is 0 Å². The van der Waals surface area contributed by atoms with Gasteiger partial charge in [0.25, 0.3) is 0 Å². The number of nitrogens with one attached hydrogen (secondary N) is 3. The van der Waals surface area contributed by atoms with Crippen molar-refractivity contribution in [3.8, 4) is 0 Å². The lowest BCUT2D eigenvalue weighted by molar-refractivity contribution is -1.05. The van der Waals surface area contributed by atoms with Crippen molar-refractivity contribution in [2.45, 2.75) is 50.0 Å². The molecule has 0 aliphatic carbocycles. The molecule has 0 radical (unpaired) electrons. The summed E-state index contributed by atoms with van der Waals surface area (Å²) in [5, 5.41) is 74.0. The van der Waals surface area contributed by atoms with Gasteiger partial charge in [0.1, 0.15) is 38.4 Å². The minimum Gasteiger partial charge on any atom is -0.600 e. The number of aliphatic hydroxyl groups excluding tert-OH is 2. The molecule has 0 aromatic heterocycles. The summed E-state index contributed by atoms with van der Waals surface area (Å²) in [6.07, 6.45) is -10.7. The van der Waals surface area contributed by atoms with E-state index in [0.29, 0.717) is 0 Å². The summed E-state index contributed by atoms with van der Waals surface area (Å²) in [6.45, 7) is -2.49. The Morgan fingerprint density at radius 1 is 0.758 bits per heavy atom. The van der Waals surface area contributed by atoms with Crippen LogP contribution in [-0.2, 0) is 33.3 Å². The molecule has 0 aromatic rings. The van der Waals surface area contributed by atoms with E-state index in [2.05, 4.69) is 0 Å². The van der Waals surface area contributed by atoms with Crippen molar-refractivity contribution in [1.29, 1.82) is 0 Å². The Labute approximate surface area is 185 Å². The summed E-state index contributed by atoms with van der Waals surface area (Å²) in [5.41, 5.74) is 0. The van der Waals surface area contributed by atoms with E-state index in [1.165, 1.54) is 0 Å². The van der Waals surface area contributed by atoms with Gasteiger partial charge in [-0.05, 0) is 0 Å². The second-order valence-electron chi connectivity index (χ2n) is 6.83. The number of rotatable bonds is 13. The standard InChI is InChI=1S/C15H27N3O15/c19-9(1-4-16(24)25)30-7-8-13(32-10(20)2-5-17(26)27)14(12(22)15(23)31-8)33-11(21)3-6-18(28)29/h8,12-18,22-24,26,28H,1-7H2. The number of hydroxylamine groups is 6. The first-order valence-corrected chi connectivity index (χ1v) is 9.62. The maximum atomic E-state index is 12.0. The average molecular weight is 489 g/mol. The van der Waals surface area contributed by atoms with E-state index in [1.54, 1.807) is 0 Å². The number of quaternary nitrogens is 3. The van der Waals surface area contributed by atoms with Crippen LogP contribution >= 0.6 is 0 Å². The third kappa shape index (κ3) is 11.1. The molecule has 18 nitrogen and oxygen atoms in total. The lowest BCUT2D eigenvalue weighted by Crippen LogP contribution is -3.04. The summed E-state index contributed by atoms with van der Waals surface area (Å²) < 4.78 is 19.9. The maximum absolute atomic E-state index is 12.0. The highest BCUT2D eigenvalue weighted by Gasteiger charge is 2.49. The Balaban J connectivity index is 2.95. The number of esters is 3. The number of ether oxygens (including phenoxy) is 4. The van der Waals surface area contributed by atoms with Crippen LogP contribution in [0.1, 0.15) is 19.3 Å². The number of carbonyl (C=O) groups is 3. The van der Waals surface area contributed by atoms with E-state index in [0.717, 1.165) is 0 Å². The fraction of sp³-hybridized carbons (Fsp3) is 0.800. The maximum Gasteiger partial charge on any atom is 0.312 e. The van der Waals surface area contributed by atoms with Crippen molar-refractivity contribution in [2.75, 3.05) is 26.2 Å². The molecule has 8 N–H and O–H groups in total. The number of carbonyl (C=O) groups excluding carboxylic acids is 3. The zero-order valence-corrected chi connectivity index (χ0v) is 17.2. The molecule has 0 aromatic carbocycles. The van der Waals surface area contributed by atoms with Crippen LogP contribution in [0, 0.1) is 15.6 Å². The molecule has 1 aliphatic heterocycles. The van der Waals surface area contributed by atoms with Crippen LogP contribution in [0.25, 0.3) is 0 Å². The molecule has 0 bridgehead atoms. The van der Waals surface area contributed by atoms with Gasteiger partial charge in [0.2, 0.25) is 0 Å². The van der Waals surface area contributed by atoms with E-state index >= 15 is 0 Å². The third-order valence-electron chi connectivity index (χ3n) is 4.21. The molecule has 33 heavy (non-hydrogen) atoms. The second-order valence-corrected chi connectivity index (χ2v) is 6.83. The quantitative estimate of drug-likeness (QED) is 0.0678. The highest BCUT2D eigenvalue weighted by molar-refractivity contribution is 5.71. The molecular formula is C15H27N3O15. The minimum absolute atomic E-state index is 0.510. The fourth-order valence-electron chi connectivity index (χ4n) is 2.61. The number of aliphatic hydroxyl groups is 2. The zero-order chi connectivity index (χ0) is 25.1. The molecule has 0 saturated carbocycles. The van der Waals surface area contributed by atoms with E-state index in [1.807, 2.05) is 0 Å². The van der Waals surface area contributed by atoms with E-state index in [9.17, 15) is 40.2 Å². The number of hydrogen-bond acceptors (Lipinski definition) is 15. The van der Waals surface area contributed by atoms with Crippen LogP contribution in [0.3, 0.4) is 0 Å². The smallest absolute Gasteiger partial charge is 0.312 e. The van der Waals surface area contributed by atoms with Crippen LogP contribution in [0.2, 0.25) is 0 Å². The number of hydrogen-bond donors (Lipinski definition) is 8. The fourth-order valence-corrected chi connectivity index (χ4v) is 2.61. The van der Waals surface area contributed by atoms with Gasteiger partial charge in [0, 0.05) is 0 Å². The normalized spacial score (nSPS) is 27.8. The van der Waals surface area contributed by atoms with Crippen molar-refractivity contribution in [3.05, 3.63) is 15.6 Å². The highest BCUT2D eigenvalue weighted by atomic mass is 16.8. The SMILES string of the molecule is O=C(CC[NH+]([O-])O)OCC1OC(O)C(O)C(OC(=O)CC[NH+]([O-])O)C1OC(=O)CC[NH+]([O-])O. The molecule has 0 spiro atoms. The molecular weight excluding hydrogens is 462 g/mol. The van der Waals surface area contributed by atoms with E-state index in [4.69, 9.17) is 34.6 Å². The molecule has 1 rings (SSSR count). The van der Waals surface area contributed by atoms with Gasteiger partial charge < -0.3 is 44.8 Å². The molecule has 18 heteroatoms. The van der Waals surface area contributed by atoms with Crippen molar-refractivity contribution < 1.29 is 74.8 Å². The predicted octanol–water partition coefficient (Wildman–Crippen LogP) is -7.08. The topological polar surface area (TPSA) is 272 Å². The monoisotopic (exact) mass is 489 g/mol. The average Bonchev–Trinajstić information content (AvgIpc) is 2.73. The first-order valence-electron chi connectivity index (χ1n) is 9.62. The molecule has 192 valence electrons. The molecule has 8 atom stereocenters. The van der Waals surface area contributed by atoms with Gasteiger partial charge >= 0.3 is 17.9 Å². The lowest BCUT2D eigenvalue weighted by atomic mass is 9.98. The first kappa shape index (κ1) is 29.0. The second kappa shape index (κ2) is 14.2. The van der Waals surface area contributed by atoms with Gasteiger partial charge in [-0.25, -0.2) is 31.3 Å². The van der Waals surface area contributed by atoms with Gasteiger partial charge in [-0.1, -0.05) is 0 Å². The van der Waals surface area contributed by atoms with Gasteiger partial charge in [-0.3, -0.25) is 14.4 Å². The van der Waals surface area contributed by atoms with Gasteiger partial charge in [-0.2, -0.15) is 0 Å². The zero-order valence-electron chi connectivity index (χ0n) is 17.2. The summed E-state index contributed by atoms with van der Waals surface area (Å²) in [4.78, 5) is 35.7. The van der Waals surface area contributed by atoms with Crippen LogP contribution in [0.15, 0.2) is 0 Å². The lowest BCUT2D eigenvalue weighted by Gasteiger charge is -2.41. The van der Waals surface area contributed by atoms with Crippen molar-refractivity contribution in [2.24, 2.45) is 0 Å². The molecule has 1 fully saturated rings. The predicted molar refractivity (Wildman–Crippen MR) is 94.4 cm³/mol. The highest BCUT2D eigenvalue weighted by Crippen LogP contribution is 2.26. The first-order chi connectivity index (χ1) is 15.4. The third-order valence-corrected chi connectivity index (χ3v) is 4.21. The van der Waals surface area contributed by atoms with Crippen LogP contribution in [0.5, 0.6) is 0 Å². The Bertz CT molecular complexity index is 634. The molecule has 8 unspecified atom stereocenters. The molecule has 1 aliphatic rings. The molecule has 0 amide bonds. The summed E-state index contributed by atoms with van der Waals surface area (Å²) >= 11 is 0. The summed E-state index contributed by atoms with van der Waals surface area (Å²) in [6, 6.07) is 0. The van der Waals surface area contributed by atoms with Crippen molar-refractivity contribution in [3.63, 3.8) is 0 Å². The summed E-state index contributed by atoms with van der Waals surface area (Å²) in [7, 11) is 0.